The molecule has 0 amide bonds. The Bertz CT molecular complexity index is 877. The van der Waals surface area contributed by atoms with Crippen LogP contribution in [0.15, 0.2) is 24.3 Å². The second-order valence-electron chi connectivity index (χ2n) is 5.79. The molecular weight excluding hydrogens is 396 g/mol. The average molecular weight is 421 g/mol. The number of thiophene rings is 1. The lowest BCUT2D eigenvalue weighted by Gasteiger charge is -2.13. The SMILES string of the molecule is CCOC(=O)c1sc(NC(=S)Nc2ccccc2CC)c(C(=O)OCC)c1C. The summed E-state index contributed by atoms with van der Waals surface area (Å²) in [7, 11) is 0. The fraction of sp³-hybridized carbons (Fsp3) is 0.350. The van der Waals surface area contributed by atoms with E-state index in [1.165, 1.54) is 0 Å². The van der Waals surface area contributed by atoms with Gasteiger partial charge in [0.05, 0.1) is 18.8 Å². The largest absolute Gasteiger partial charge is 0.462 e. The predicted octanol–water partition coefficient (Wildman–Crippen LogP) is 4.78. The molecule has 0 saturated heterocycles. The van der Waals surface area contributed by atoms with E-state index < -0.39 is 11.9 Å². The number of hydrogen-bond acceptors (Lipinski definition) is 6. The predicted molar refractivity (Wildman–Crippen MR) is 117 cm³/mol. The summed E-state index contributed by atoms with van der Waals surface area (Å²) in [4.78, 5) is 25.0. The first-order chi connectivity index (χ1) is 13.4. The van der Waals surface area contributed by atoms with Crippen LogP contribution in [-0.4, -0.2) is 30.3 Å². The third kappa shape index (κ3) is 5.08. The smallest absolute Gasteiger partial charge is 0.348 e. The molecule has 1 aromatic carbocycles. The monoisotopic (exact) mass is 420 g/mol. The summed E-state index contributed by atoms with van der Waals surface area (Å²) in [6, 6.07) is 7.84. The van der Waals surface area contributed by atoms with Crippen molar-refractivity contribution in [3.8, 4) is 0 Å². The lowest BCUT2D eigenvalue weighted by molar-refractivity contribution is 0.0527. The van der Waals surface area contributed by atoms with Crippen LogP contribution in [0.25, 0.3) is 0 Å². The Hall–Kier alpha value is -2.45. The van der Waals surface area contributed by atoms with Gasteiger partial charge in [0.25, 0.3) is 0 Å². The minimum atomic E-state index is -0.508. The van der Waals surface area contributed by atoms with Crippen molar-refractivity contribution in [1.29, 1.82) is 0 Å². The molecule has 28 heavy (non-hydrogen) atoms. The lowest BCUT2D eigenvalue weighted by Crippen LogP contribution is -2.21. The maximum Gasteiger partial charge on any atom is 0.348 e. The van der Waals surface area contributed by atoms with Gasteiger partial charge in [0.2, 0.25) is 0 Å². The van der Waals surface area contributed by atoms with Gasteiger partial charge in [-0.05, 0) is 56.6 Å². The van der Waals surface area contributed by atoms with E-state index in [1.807, 2.05) is 24.3 Å². The molecule has 0 aliphatic carbocycles. The lowest BCUT2D eigenvalue weighted by atomic mass is 10.1. The van der Waals surface area contributed by atoms with Crippen molar-refractivity contribution in [2.45, 2.75) is 34.1 Å². The number of nitrogens with one attached hydrogen (secondary N) is 2. The molecule has 0 atom stereocenters. The minimum Gasteiger partial charge on any atom is -0.462 e. The number of carbonyl (C=O) groups is 2. The molecule has 6 nitrogen and oxygen atoms in total. The molecular formula is C20H24N2O4S2. The highest BCUT2D eigenvalue weighted by Gasteiger charge is 2.26. The number of para-hydroxylation sites is 1. The zero-order valence-electron chi connectivity index (χ0n) is 16.4. The minimum absolute atomic E-state index is 0.231. The number of thiocarbonyl (C=S) groups is 1. The fourth-order valence-electron chi connectivity index (χ4n) is 2.65. The number of aryl methyl sites for hydroxylation is 1. The van der Waals surface area contributed by atoms with Gasteiger partial charge in [0, 0.05) is 5.69 Å². The summed E-state index contributed by atoms with van der Waals surface area (Å²) in [5, 5.41) is 6.96. The highest BCUT2D eigenvalue weighted by Crippen LogP contribution is 2.34. The summed E-state index contributed by atoms with van der Waals surface area (Å²) in [5.41, 5.74) is 2.81. The van der Waals surface area contributed by atoms with E-state index in [2.05, 4.69) is 17.6 Å². The zero-order chi connectivity index (χ0) is 20.7. The second-order valence-corrected chi connectivity index (χ2v) is 7.22. The van der Waals surface area contributed by atoms with Crippen LogP contribution in [0.3, 0.4) is 0 Å². The molecule has 2 N–H and O–H groups in total. The number of ether oxygens (including phenoxy) is 2. The standard InChI is InChI=1S/C20H24N2O4S2/c1-5-13-10-8-9-11-14(13)21-20(27)22-17-15(18(23)25-6-2)12(4)16(28-17)19(24)26-7-3/h8-11H,5-7H2,1-4H3,(H2,21,22,27). The number of esters is 2. The Morgan fingerprint density at radius 1 is 1.04 bits per heavy atom. The first kappa shape index (κ1) is 21.8. The Morgan fingerprint density at radius 2 is 1.68 bits per heavy atom. The molecule has 8 heteroatoms. The Labute approximate surface area is 174 Å². The number of benzene rings is 1. The van der Waals surface area contributed by atoms with Crippen LogP contribution in [0.2, 0.25) is 0 Å². The van der Waals surface area contributed by atoms with Crippen molar-refractivity contribution in [2.75, 3.05) is 23.8 Å². The highest BCUT2D eigenvalue weighted by molar-refractivity contribution is 7.80. The molecule has 0 unspecified atom stereocenters. The van der Waals surface area contributed by atoms with Crippen LogP contribution in [0.5, 0.6) is 0 Å². The molecule has 0 radical (unpaired) electrons. The van der Waals surface area contributed by atoms with E-state index in [1.54, 1.807) is 20.8 Å². The van der Waals surface area contributed by atoms with Crippen molar-refractivity contribution in [3.05, 3.63) is 45.8 Å². The summed E-state index contributed by atoms with van der Waals surface area (Å²) in [5.74, 6) is -0.982. The molecule has 0 saturated carbocycles. The molecule has 2 rings (SSSR count). The van der Waals surface area contributed by atoms with Gasteiger partial charge in [-0.1, -0.05) is 25.1 Å². The normalized spacial score (nSPS) is 10.3. The van der Waals surface area contributed by atoms with Gasteiger partial charge < -0.3 is 20.1 Å². The van der Waals surface area contributed by atoms with E-state index in [-0.39, 0.29) is 13.2 Å². The van der Waals surface area contributed by atoms with Crippen molar-refractivity contribution in [2.24, 2.45) is 0 Å². The van der Waals surface area contributed by atoms with Crippen molar-refractivity contribution < 1.29 is 19.1 Å². The van der Waals surface area contributed by atoms with E-state index in [0.717, 1.165) is 29.0 Å². The Kier molecular flexibility index (Phi) is 7.95. The number of rotatable bonds is 7. The Balaban J connectivity index is 2.32. The topological polar surface area (TPSA) is 76.7 Å². The zero-order valence-corrected chi connectivity index (χ0v) is 18.0. The van der Waals surface area contributed by atoms with E-state index in [4.69, 9.17) is 21.7 Å². The quantitative estimate of drug-likeness (QED) is 0.493. The molecule has 0 aliphatic heterocycles. The first-order valence-electron chi connectivity index (χ1n) is 9.06. The summed E-state index contributed by atoms with van der Waals surface area (Å²) in [6.45, 7) is 7.70. The van der Waals surface area contributed by atoms with Crippen molar-refractivity contribution in [3.63, 3.8) is 0 Å². The van der Waals surface area contributed by atoms with Crippen LogP contribution in [-0.2, 0) is 15.9 Å². The van der Waals surface area contributed by atoms with Crippen LogP contribution >= 0.6 is 23.6 Å². The summed E-state index contributed by atoms with van der Waals surface area (Å²) < 4.78 is 10.2. The molecule has 1 heterocycles. The van der Waals surface area contributed by atoms with E-state index in [9.17, 15) is 9.59 Å². The Morgan fingerprint density at radius 3 is 2.32 bits per heavy atom. The third-order valence-electron chi connectivity index (χ3n) is 3.96. The van der Waals surface area contributed by atoms with Gasteiger partial charge in [-0.25, -0.2) is 9.59 Å². The molecule has 150 valence electrons. The molecule has 1 aromatic heterocycles. The number of hydrogen-bond donors (Lipinski definition) is 2. The van der Waals surface area contributed by atoms with Crippen LogP contribution < -0.4 is 10.6 Å². The molecule has 2 aromatic rings. The summed E-state index contributed by atoms with van der Waals surface area (Å²) in [6.07, 6.45) is 0.852. The van der Waals surface area contributed by atoms with E-state index in [0.29, 0.717) is 26.1 Å². The van der Waals surface area contributed by atoms with Gasteiger partial charge in [-0.3, -0.25) is 0 Å². The highest BCUT2D eigenvalue weighted by atomic mass is 32.1. The van der Waals surface area contributed by atoms with Crippen molar-refractivity contribution in [1.82, 2.24) is 0 Å². The van der Waals surface area contributed by atoms with Gasteiger partial charge >= 0.3 is 11.9 Å². The van der Waals surface area contributed by atoms with E-state index >= 15 is 0 Å². The number of anilines is 2. The fourth-order valence-corrected chi connectivity index (χ4v) is 4.02. The van der Waals surface area contributed by atoms with Gasteiger partial charge in [0.1, 0.15) is 9.88 Å². The van der Waals surface area contributed by atoms with Crippen LogP contribution in [0, 0.1) is 6.92 Å². The van der Waals surface area contributed by atoms with Gasteiger partial charge in [-0.15, -0.1) is 11.3 Å². The maximum absolute atomic E-state index is 12.4. The van der Waals surface area contributed by atoms with Crippen LogP contribution in [0.4, 0.5) is 10.7 Å². The van der Waals surface area contributed by atoms with Gasteiger partial charge in [-0.2, -0.15) is 0 Å². The van der Waals surface area contributed by atoms with Crippen molar-refractivity contribution >= 4 is 51.3 Å². The number of carbonyl (C=O) groups excluding carboxylic acids is 2. The molecule has 0 bridgehead atoms. The first-order valence-corrected chi connectivity index (χ1v) is 10.3. The summed E-state index contributed by atoms with van der Waals surface area (Å²) >= 11 is 6.55. The molecule has 0 spiro atoms. The molecule has 0 fully saturated rings. The van der Waals surface area contributed by atoms with Gasteiger partial charge in [0.15, 0.2) is 5.11 Å². The van der Waals surface area contributed by atoms with Crippen LogP contribution in [0.1, 0.15) is 51.9 Å². The maximum atomic E-state index is 12.4. The average Bonchev–Trinajstić information content (AvgIpc) is 2.98. The third-order valence-corrected chi connectivity index (χ3v) is 5.35. The second kappa shape index (κ2) is 10.2. The molecule has 0 aliphatic rings.